The molecule has 0 saturated heterocycles. The fourth-order valence-corrected chi connectivity index (χ4v) is 3.21. The lowest BCUT2D eigenvalue weighted by Gasteiger charge is -2.29. The fourth-order valence-electron chi connectivity index (χ4n) is 2.87. The van der Waals surface area contributed by atoms with Crippen LogP contribution in [0.15, 0.2) is 29.3 Å². The van der Waals surface area contributed by atoms with Gasteiger partial charge < -0.3 is 5.32 Å². The standard InChI is InChI=1S/C19H26F2IN3/c1-5-17(16-12-15(19(20,21)22)9-8-13(16)2)24-18-14(3)25(4)11-7-6-10-23-18/h5,8-9,12,14H,6-7,10-11H2,1-4H3,(H,23,24)/b17-5-/t14-/m1/s1. The Morgan fingerprint density at radius 3 is 2.76 bits per heavy atom. The third-order valence-corrected chi connectivity index (χ3v) is 5.29. The Kier molecular flexibility index (Phi) is 6.96. The maximum Gasteiger partial charge on any atom is 0.321 e. The van der Waals surface area contributed by atoms with Crippen LogP contribution in [0.2, 0.25) is 0 Å². The number of nitrogens with zero attached hydrogens (tertiary/aromatic N) is 2. The van der Waals surface area contributed by atoms with E-state index in [0.717, 1.165) is 48.6 Å². The first-order chi connectivity index (χ1) is 11.7. The van der Waals surface area contributed by atoms with E-state index in [1.807, 2.05) is 19.9 Å². The molecule has 1 aliphatic rings. The molecule has 0 saturated carbocycles. The topological polar surface area (TPSA) is 27.6 Å². The van der Waals surface area contributed by atoms with E-state index < -0.39 is 3.93 Å². The highest BCUT2D eigenvalue weighted by Gasteiger charge is 2.28. The average molecular weight is 461 g/mol. The van der Waals surface area contributed by atoms with Crippen LogP contribution >= 0.6 is 22.6 Å². The molecular weight excluding hydrogens is 435 g/mol. The molecule has 138 valence electrons. The number of alkyl halides is 3. The molecule has 6 heteroatoms. The number of rotatable bonds is 3. The van der Waals surface area contributed by atoms with Crippen LogP contribution in [0.1, 0.15) is 43.4 Å². The first kappa shape index (κ1) is 20.3. The molecule has 2 rings (SSSR count). The van der Waals surface area contributed by atoms with Crippen molar-refractivity contribution in [1.29, 1.82) is 0 Å². The lowest BCUT2D eigenvalue weighted by atomic mass is 10.0. The highest BCUT2D eigenvalue weighted by Crippen LogP contribution is 2.36. The molecule has 1 heterocycles. The van der Waals surface area contributed by atoms with Crippen LogP contribution in [0.5, 0.6) is 0 Å². The molecule has 1 N–H and O–H groups in total. The van der Waals surface area contributed by atoms with Gasteiger partial charge in [-0.2, -0.15) is 8.78 Å². The zero-order valence-electron chi connectivity index (χ0n) is 15.2. The van der Waals surface area contributed by atoms with Crippen LogP contribution in [-0.4, -0.2) is 36.9 Å². The first-order valence-electron chi connectivity index (χ1n) is 8.60. The first-order valence-corrected chi connectivity index (χ1v) is 9.68. The van der Waals surface area contributed by atoms with E-state index in [0.29, 0.717) is 0 Å². The quantitative estimate of drug-likeness (QED) is 0.510. The van der Waals surface area contributed by atoms with Gasteiger partial charge in [-0.15, -0.1) is 0 Å². The number of aryl methyl sites for hydroxylation is 1. The van der Waals surface area contributed by atoms with Gasteiger partial charge in [-0.25, -0.2) is 0 Å². The van der Waals surface area contributed by atoms with Gasteiger partial charge in [-0.1, -0.05) is 18.2 Å². The molecule has 0 aromatic heterocycles. The number of nitrogens with one attached hydrogen (secondary N) is 1. The Bertz CT molecular complexity index is 665. The monoisotopic (exact) mass is 461 g/mol. The predicted molar refractivity (Wildman–Crippen MR) is 110 cm³/mol. The number of benzene rings is 1. The van der Waals surface area contributed by atoms with Gasteiger partial charge in [0.1, 0.15) is 5.84 Å². The Hall–Kier alpha value is -1.02. The average Bonchev–Trinajstić information content (AvgIpc) is 2.55. The molecule has 0 aliphatic carbocycles. The number of hydrogen-bond donors (Lipinski definition) is 1. The van der Waals surface area contributed by atoms with Gasteiger partial charge in [0, 0.05) is 46.0 Å². The Labute approximate surface area is 162 Å². The predicted octanol–water partition coefficient (Wildman–Crippen LogP) is 4.94. The van der Waals surface area contributed by atoms with Crippen molar-refractivity contribution in [3.63, 3.8) is 0 Å². The summed E-state index contributed by atoms with van der Waals surface area (Å²) in [5.41, 5.74) is 2.58. The van der Waals surface area contributed by atoms with E-state index in [-0.39, 0.29) is 11.6 Å². The second kappa shape index (κ2) is 8.58. The molecule has 0 radical (unpaired) electrons. The SMILES string of the molecule is C/C=C(\NC1=NCCCCN(C)[C@@H]1C)c1cc(C(F)(F)I)ccc1C. The van der Waals surface area contributed by atoms with Crippen LogP contribution in [0.4, 0.5) is 8.78 Å². The second-order valence-corrected chi connectivity index (χ2v) is 7.84. The zero-order valence-corrected chi connectivity index (χ0v) is 17.4. The molecule has 25 heavy (non-hydrogen) atoms. The highest BCUT2D eigenvalue weighted by atomic mass is 127. The molecule has 1 aliphatic heterocycles. The zero-order chi connectivity index (χ0) is 18.6. The van der Waals surface area contributed by atoms with Crippen LogP contribution in [0, 0.1) is 6.92 Å². The Morgan fingerprint density at radius 1 is 1.40 bits per heavy atom. The third kappa shape index (κ3) is 5.23. The van der Waals surface area contributed by atoms with E-state index in [1.54, 1.807) is 12.1 Å². The number of halogens is 3. The van der Waals surface area contributed by atoms with Gasteiger partial charge in [0.05, 0.1) is 6.04 Å². The molecule has 0 fully saturated rings. The van der Waals surface area contributed by atoms with Crippen molar-refractivity contribution in [1.82, 2.24) is 10.2 Å². The smallest absolute Gasteiger partial charge is 0.321 e. The van der Waals surface area contributed by atoms with Gasteiger partial charge in [0.2, 0.25) is 0 Å². The van der Waals surface area contributed by atoms with Crippen molar-refractivity contribution < 1.29 is 8.78 Å². The van der Waals surface area contributed by atoms with Crippen LogP contribution in [-0.2, 0) is 3.93 Å². The maximum atomic E-state index is 13.7. The van der Waals surface area contributed by atoms with Crippen molar-refractivity contribution in [3.8, 4) is 0 Å². The number of aliphatic imine (C=N–C) groups is 1. The summed E-state index contributed by atoms with van der Waals surface area (Å²) in [6, 6.07) is 4.96. The lowest BCUT2D eigenvalue weighted by Crippen LogP contribution is -2.44. The Morgan fingerprint density at radius 2 is 2.12 bits per heavy atom. The van der Waals surface area contributed by atoms with Gasteiger partial charge in [0.15, 0.2) is 0 Å². The summed E-state index contributed by atoms with van der Waals surface area (Å²) in [6.07, 6.45) is 4.12. The highest BCUT2D eigenvalue weighted by molar-refractivity contribution is 14.1. The second-order valence-electron chi connectivity index (χ2n) is 6.49. The summed E-state index contributed by atoms with van der Waals surface area (Å²) in [6.45, 7) is 7.79. The van der Waals surface area contributed by atoms with E-state index in [2.05, 4.69) is 24.2 Å². The van der Waals surface area contributed by atoms with E-state index in [4.69, 9.17) is 4.99 Å². The molecule has 1 aromatic carbocycles. The van der Waals surface area contributed by atoms with Gasteiger partial charge in [-0.05, 0) is 58.8 Å². The lowest BCUT2D eigenvalue weighted by molar-refractivity contribution is 0.127. The molecule has 0 unspecified atom stereocenters. The van der Waals surface area contributed by atoms with Gasteiger partial charge >= 0.3 is 3.93 Å². The molecule has 0 amide bonds. The summed E-state index contributed by atoms with van der Waals surface area (Å²) in [7, 11) is 2.09. The minimum Gasteiger partial charge on any atom is -0.343 e. The summed E-state index contributed by atoms with van der Waals surface area (Å²) in [5, 5.41) is 3.41. The van der Waals surface area contributed by atoms with Crippen molar-refractivity contribution in [2.75, 3.05) is 20.1 Å². The summed E-state index contributed by atoms with van der Waals surface area (Å²) < 4.78 is 24.6. The van der Waals surface area contributed by atoms with Gasteiger partial charge in [0.25, 0.3) is 0 Å². The van der Waals surface area contributed by atoms with Crippen molar-refractivity contribution in [2.24, 2.45) is 4.99 Å². The molecule has 1 atom stereocenters. The number of amidine groups is 1. The third-order valence-electron chi connectivity index (χ3n) is 4.66. The van der Waals surface area contributed by atoms with E-state index >= 15 is 0 Å². The summed E-state index contributed by atoms with van der Waals surface area (Å²) in [4.78, 5) is 6.97. The molecule has 0 spiro atoms. The summed E-state index contributed by atoms with van der Waals surface area (Å²) in [5.74, 6) is 0.890. The van der Waals surface area contributed by atoms with Crippen molar-refractivity contribution in [3.05, 3.63) is 41.0 Å². The maximum absolute atomic E-state index is 13.7. The van der Waals surface area contributed by atoms with Crippen molar-refractivity contribution >= 4 is 34.1 Å². The van der Waals surface area contributed by atoms with Crippen LogP contribution in [0.3, 0.4) is 0 Å². The number of allylic oxidation sites excluding steroid dienone is 1. The number of likely N-dealkylation sites (N-methyl/N-ethyl adjacent to an activating group) is 1. The number of hydrogen-bond acceptors (Lipinski definition) is 3. The molecule has 1 aromatic rings. The minimum atomic E-state index is -2.88. The van der Waals surface area contributed by atoms with Crippen LogP contribution in [0.25, 0.3) is 5.70 Å². The van der Waals surface area contributed by atoms with Gasteiger partial charge in [-0.3, -0.25) is 9.89 Å². The van der Waals surface area contributed by atoms with Crippen molar-refractivity contribution in [2.45, 2.75) is 43.6 Å². The Balaban J connectivity index is 2.34. The van der Waals surface area contributed by atoms with E-state index in [9.17, 15) is 8.78 Å². The molecule has 3 nitrogen and oxygen atoms in total. The summed E-state index contributed by atoms with van der Waals surface area (Å²) >= 11 is 1.17. The molecule has 0 bridgehead atoms. The minimum absolute atomic E-state index is 0.0135. The normalized spacial score (nSPS) is 20.7. The molecular formula is C19H26F2IN3. The van der Waals surface area contributed by atoms with Crippen LogP contribution < -0.4 is 5.32 Å². The van der Waals surface area contributed by atoms with E-state index in [1.165, 1.54) is 28.7 Å². The largest absolute Gasteiger partial charge is 0.343 e. The fraction of sp³-hybridized carbons (Fsp3) is 0.526.